The van der Waals surface area contributed by atoms with Crippen LogP contribution in [0, 0.1) is 11.3 Å². The highest BCUT2D eigenvalue weighted by molar-refractivity contribution is 7.87. The van der Waals surface area contributed by atoms with Crippen molar-refractivity contribution < 1.29 is 37.2 Å². The summed E-state index contributed by atoms with van der Waals surface area (Å²) in [5, 5.41) is 10.1. The topological polar surface area (TPSA) is 176 Å². The molecule has 14 nitrogen and oxygen atoms in total. The molecule has 2 aromatic rings. The lowest BCUT2D eigenvalue weighted by molar-refractivity contribution is -0.143. The van der Waals surface area contributed by atoms with E-state index in [1.165, 1.54) is 25.1 Å². The average Bonchev–Trinajstić information content (AvgIpc) is 3.43. The second-order valence-corrected chi connectivity index (χ2v) is 17.4. The highest BCUT2D eigenvalue weighted by Crippen LogP contribution is 2.45. The number of carbonyl (C=O) groups excluding carboxylic acids is 4. The van der Waals surface area contributed by atoms with E-state index in [0.717, 1.165) is 52.2 Å². The summed E-state index contributed by atoms with van der Waals surface area (Å²) in [6, 6.07) is 13.4. The van der Waals surface area contributed by atoms with Gasteiger partial charge in [-0.25, -0.2) is 9.52 Å². The lowest BCUT2D eigenvalue weighted by Crippen LogP contribution is -2.60. The molecule has 0 unspecified atom stereocenters. The van der Waals surface area contributed by atoms with Gasteiger partial charge < -0.3 is 25.1 Å². The molecular weight excluding hydrogens is 701 g/mol. The summed E-state index contributed by atoms with van der Waals surface area (Å²) in [4.78, 5) is 62.8. The molecule has 4 amide bonds. The standard InChI is InChI=1S/C38H48N6O8S/c1-7-23-21-38(23,35(47)42-53(49,50)43(5)6)40-33(45)30-20-25(52-41-31-28-18-12-10-16-26(28)27-17-11-13-19-29(27)31)22-44(30)34(46)32(37(2,3)4)39-36(48)51-24-14-8-9-15-24/h7,10-13,16-19,23-25,30,32H,1,8-9,14-15,20-22H2,2-6H3,(H,39,48)(H,40,45)(H,42,47)/t23-,25-,30+,32-,38+/m1/s1. The number of benzene rings is 2. The van der Waals surface area contributed by atoms with E-state index in [-0.39, 0.29) is 25.5 Å². The number of hydrogen-bond donors (Lipinski definition) is 3. The molecule has 53 heavy (non-hydrogen) atoms. The summed E-state index contributed by atoms with van der Waals surface area (Å²) in [5.74, 6) is -2.69. The first kappa shape index (κ1) is 38.0. The van der Waals surface area contributed by atoms with Crippen LogP contribution in [0.15, 0.2) is 66.3 Å². The van der Waals surface area contributed by atoms with Crippen molar-refractivity contribution in [1.29, 1.82) is 0 Å². The maximum Gasteiger partial charge on any atom is 0.408 e. The number of likely N-dealkylation sites (tertiary alicyclic amines) is 1. The quantitative estimate of drug-likeness (QED) is 0.197. The minimum absolute atomic E-state index is 0.00742. The van der Waals surface area contributed by atoms with E-state index in [1.54, 1.807) is 20.8 Å². The molecule has 3 N–H and O–H groups in total. The fraction of sp³-hybridized carbons (Fsp3) is 0.500. The Labute approximate surface area is 310 Å². The van der Waals surface area contributed by atoms with Crippen molar-refractivity contribution in [2.24, 2.45) is 16.5 Å². The van der Waals surface area contributed by atoms with Crippen molar-refractivity contribution >= 4 is 39.7 Å². The Morgan fingerprint density at radius 1 is 0.981 bits per heavy atom. The Morgan fingerprint density at radius 3 is 2.09 bits per heavy atom. The number of ether oxygens (including phenoxy) is 1. The van der Waals surface area contributed by atoms with Gasteiger partial charge in [-0.1, -0.05) is 80.5 Å². The van der Waals surface area contributed by atoms with Crippen LogP contribution in [0.5, 0.6) is 0 Å². The number of fused-ring (bicyclic) bond motifs is 3. The molecule has 15 heteroatoms. The Balaban J connectivity index is 1.28. The molecule has 4 aliphatic rings. The smallest absolute Gasteiger partial charge is 0.408 e. The molecular formula is C38H48N6O8S. The third-order valence-electron chi connectivity index (χ3n) is 10.5. The maximum absolute atomic E-state index is 14.5. The number of rotatable bonds is 11. The van der Waals surface area contributed by atoms with Crippen LogP contribution >= 0.6 is 0 Å². The number of oxime groups is 1. The van der Waals surface area contributed by atoms with Crippen molar-refractivity contribution in [2.45, 2.75) is 89.1 Å². The zero-order chi connectivity index (χ0) is 38.3. The van der Waals surface area contributed by atoms with Gasteiger partial charge in [0, 0.05) is 37.6 Å². The molecule has 1 heterocycles. The van der Waals surface area contributed by atoms with Gasteiger partial charge in [0.05, 0.1) is 6.54 Å². The Bertz CT molecular complexity index is 1890. The first-order valence-electron chi connectivity index (χ1n) is 18.0. The monoisotopic (exact) mass is 748 g/mol. The molecule has 2 aromatic carbocycles. The van der Waals surface area contributed by atoms with Crippen molar-refractivity contribution in [2.75, 3.05) is 20.6 Å². The molecule has 1 aliphatic heterocycles. The maximum atomic E-state index is 14.5. The van der Waals surface area contributed by atoms with E-state index in [0.29, 0.717) is 5.71 Å². The van der Waals surface area contributed by atoms with Gasteiger partial charge in [0.25, 0.3) is 5.91 Å². The predicted octanol–water partition coefficient (Wildman–Crippen LogP) is 3.47. The Hall–Kier alpha value is -4.76. The fourth-order valence-electron chi connectivity index (χ4n) is 7.35. The third-order valence-corrected chi connectivity index (χ3v) is 11.9. The summed E-state index contributed by atoms with van der Waals surface area (Å²) < 4.78 is 33.6. The van der Waals surface area contributed by atoms with Crippen LogP contribution in [-0.2, 0) is 34.2 Å². The number of nitrogens with zero attached hydrogens (tertiary/aromatic N) is 3. The van der Waals surface area contributed by atoms with E-state index in [4.69, 9.17) is 9.57 Å². The largest absolute Gasteiger partial charge is 0.446 e. The van der Waals surface area contributed by atoms with Crippen molar-refractivity contribution in [3.63, 3.8) is 0 Å². The van der Waals surface area contributed by atoms with Crippen molar-refractivity contribution in [1.82, 2.24) is 24.6 Å². The fourth-order valence-corrected chi connectivity index (χ4v) is 7.95. The molecule has 0 spiro atoms. The minimum atomic E-state index is -4.17. The Kier molecular flexibility index (Phi) is 10.4. The average molecular weight is 749 g/mol. The molecule has 1 saturated heterocycles. The summed E-state index contributed by atoms with van der Waals surface area (Å²) >= 11 is 0. The van der Waals surface area contributed by atoms with Gasteiger partial charge in [0.2, 0.25) is 11.8 Å². The van der Waals surface area contributed by atoms with Gasteiger partial charge in [-0.3, -0.25) is 14.4 Å². The van der Waals surface area contributed by atoms with Crippen LogP contribution in [-0.4, -0.2) is 97.6 Å². The second kappa shape index (κ2) is 14.6. The lowest BCUT2D eigenvalue weighted by Gasteiger charge is -2.35. The zero-order valence-electron chi connectivity index (χ0n) is 30.8. The van der Waals surface area contributed by atoms with Gasteiger partial charge >= 0.3 is 16.3 Å². The highest BCUT2D eigenvalue weighted by atomic mass is 32.2. The van der Waals surface area contributed by atoms with Crippen LogP contribution in [0.3, 0.4) is 0 Å². The number of hydrogen-bond acceptors (Lipinski definition) is 9. The van der Waals surface area contributed by atoms with E-state index in [1.807, 2.05) is 53.3 Å². The summed E-state index contributed by atoms with van der Waals surface area (Å²) in [7, 11) is -1.62. The third kappa shape index (κ3) is 7.67. The van der Waals surface area contributed by atoms with Crippen molar-refractivity contribution in [3.05, 3.63) is 72.3 Å². The molecule has 0 radical (unpaired) electrons. The number of nitrogens with one attached hydrogen (secondary N) is 3. The van der Waals surface area contributed by atoms with Gasteiger partial charge in [0.1, 0.15) is 35.5 Å². The summed E-state index contributed by atoms with van der Waals surface area (Å²) in [5.41, 5.74) is 2.02. The molecule has 2 saturated carbocycles. The molecule has 284 valence electrons. The summed E-state index contributed by atoms with van der Waals surface area (Å²) in [6.07, 6.45) is 3.33. The predicted molar refractivity (Wildman–Crippen MR) is 198 cm³/mol. The van der Waals surface area contributed by atoms with E-state index in [9.17, 15) is 27.6 Å². The molecule has 5 atom stereocenters. The van der Waals surface area contributed by atoms with E-state index >= 15 is 0 Å². The van der Waals surface area contributed by atoms with E-state index < -0.39 is 69.1 Å². The highest BCUT2D eigenvalue weighted by Gasteiger charge is 2.61. The first-order valence-corrected chi connectivity index (χ1v) is 19.4. The summed E-state index contributed by atoms with van der Waals surface area (Å²) in [6.45, 7) is 9.11. The lowest BCUT2D eigenvalue weighted by atomic mass is 9.85. The van der Waals surface area contributed by atoms with Crippen LogP contribution in [0.4, 0.5) is 4.79 Å². The Morgan fingerprint density at radius 2 is 1.57 bits per heavy atom. The van der Waals surface area contributed by atoms with Crippen LogP contribution < -0.4 is 15.4 Å². The van der Waals surface area contributed by atoms with Gasteiger partial charge in [0.15, 0.2) is 0 Å². The molecule has 6 rings (SSSR count). The van der Waals surface area contributed by atoms with Crippen LogP contribution in [0.1, 0.15) is 70.4 Å². The first-order chi connectivity index (χ1) is 25.1. The number of amides is 4. The molecule has 0 bridgehead atoms. The van der Waals surface area contributed by atoms with Gasteiger partial charge in [-0.15, -0.1) is 6.58 Å². The minimum Gasteiger partial charge on any atom is -0.446 e. The normalized spacial score (nSPS) is 24.2. The van der Waals surface area contributed by atoms with Gasteiger partial charge in [-0.05, 0) is 48.6 Å². The van der Waals surface area contributed by atoms with Gasteiger partial charge in [-0.2, -0.15) is 12.7 Å². The number of alkyl carbamates (subject to hydrolysis) is 1. The molecule has 3 fully saturated rings. The molecule has 0 aromatic heterocycles. The van der Waals surface area contributed by atoms with Crippen molar-refractivity contribution in [3.8, 4) is 11.1 Å². The second-order valence-electron chi connectivity index (χ2n) is 15.5. The van der Waals surface area contributed by atoms with Crippen LogP contribution in [0.2, 0.25) is 0 Å². The number of carbonyl (C=O) groups is 4. The molecule has 3 aliphatic carbocycles. The SMILES string of the molecule is C=C[C@@H]1C[C@@]1(NC(=O)[C@@H]1C[C@@H](ON=C2c3ccccc3-c3ccccc32)CN1C(=O)[C@@H](NC(=O)OC1CCCC1)C(C)(C)C)C(=O)NS(=O)(=O)N(C)C. The van der Waals surface area contributed by atoms with E-state index in [2.05, 4.69) is 22.4 Å². The van der Waals surface area contributed by atoms with Crippen LogP contribution in [0.25, 0.3) is 11.1 Å². The zero-order valence-corrected chi connectivity index (χ0v) is 31.6.